The van der Waals surface area contributed by atoms with Gasteiger partial charge in [-0.25, -0.2) is 4.79 Å². The number of aryl methyl sites for hydroxylation is 1. The highest BCUT2D eigenvalue weighted by Crippen LogP contribution is 2.33. The van der Waals surface area contributed by atoms with Gasteiger partial charge in [-0.1, -0.05) is 11.8 Å². The van der Waals surface area contributed by atoms with Crippen LogP contribution in [0.15, 0.2) is 11.5 Å². The molecule has 0 radical (unpaired) electrons. The van der Waals surface area contributed by atoms with Gasteiger partial charge < -0.3 is 20.4 Å². The number of hydrogen-bond donors (Lipinski definition) is 2. The van der Waals surface area contributed by atoms with Gasteiger partial charge in [0.15, 0.2) is 5.16 Å². The molecule has 0 aromatic carbocycles. The standard InChI is InChI=1S/C14H17N5O4S2/c1-4-23-13(22)9-7(2)10(11(15)21)25-12(9)17-8(20)5-24-14-18-16-6-19(14)3/h6H,4-5H2,1-3H3,(H2,15,21)(H,17,20). The zero-order valence-electron chi connectivity index (χ0n) is 13.9. The summed E-state index contributed by atoms with van der Waals surface area (Å²) in [6, 6.07) is 0. The van der Waals surface area contributed by atoms with E-state index in [4.69, 9.17) is 10.5 Å². The van der Waals surface area contributed by atoms with Crippen LogP contribution < -0.4 is 11.1 Å². The molecular weight excluding hydrogens is 366 g/mol. The van der Waals surface area contributed by atoms with E-state index in [1.807, 2.05) is 0 Å². The average molecular weight is 383 g/mol. The second-order valence-electron chi connectivity index (χ2n) is 4.91. The number of amides is 2. The zero-order valence-corrected chi connectivity index (χ0v) is 15.5. The zero-order chi connectivity index (χ0) is 18.6. The van der Waals surface area contributed by atoms with E-state index < -0.39 is 11.9 Å². The van der Waals surface area contributed by atoms with Gasteiger partial charge in [-0.05, 0) is 19.4 Å². The first-order chi connectivity index (χ1) is 11.8. The summed E-state index contributed by atoms with van der Waals surface area (Å²) in [5.41, 5.74) is 5.87. The predicted octanol–water partition coefficient (Wildman–Crippen LogP) is 1.19. The van der Waals surface area contributed by atoms with Crippen molar-refractivity contribution in [1.29, 1.82) is 0 Å². The van der Waals surface area contributed by atoms with E-state index in [0.29, 0.717) is 10.7 Å². The molecule has 0 atom stereocenters. The summed E-state index contributed by atoms with van der Waals surface area (Å²) in [7, 11) is 1.76. The van der Waals surface area contributed by atoms with Crippen LogP contribution in [0.1, 0.15) is 32.5 Å². The fourth-order valence-corrected chi connectivity index (χ4v) is 3.73. The maximum Gasteiger partial charge on any atom is 0.341 e. The molecule has 0 aliphatic carbocycles. The Bertz CT molecular complexity index is 814. The number of nitrogens with zero attached hydrogens (tertiary/aromatic N) is 3. The van der Waals surface area contributed by atoms with Crippen molar-refractivity contribution in [2.24, 2.45) is 12.8 Å². The minimum atomic E-state index is -0.665. The fourth-order valence-electron chi connectivity index (χ4n) is 1.98. The Morgan fingerprint density at radius 2 is 2.16 bits per heavy atom. The molecule has 3 N–H and O–H groups in total. The molecule has 0 fully saturated rings. The molecule has 0 aliphatic heterocycles. The van der Waals surface area contributed by atoms with E-state index in [-0.39, 0.29) is 33.7 Å². The van der Waals surface area contributed by atoms with Crippen LogP contribution >= 0.6 is 23.1 Å². The second-order valence-corrected chi connectivity index (χ2v) is 6.87. The van der Waals surface area contributed by atoms with Gasteiger partial charge in [0.1, 0.15) is 11.3 Å². The first-order valence-corrected chi connectivity index (χ1v) is 9.02. The molecule has 0 saturated heterocycles. The van der Waals surface area contributed by atoms with Crippen molar-refractivity contribution in [3.8, 4) is 0 Å². The SMILES string of the molecule is CCOC(=O)c1c(NC(=O)CSc2nncn2C)sc(C(N)=O)c1C. The molecule has 9 nitrogen and oxygen atoms in total. The van der Waals surface area contributed by atoms with Gasteiger partial charge in [-0.15, -0.1) is 21.5 Å². The van der Waals surface area contributed by atoms with E-state index in [1.165, 1.54) is 18.1 Å². The summed E-state index contributed by atoms with van der Waals surface area (Å²) in [6.45, 7) is 3.44. The lowest BCUT2D eigenvalue weighted by Crippen LogP contribution is -2.16. The van der Waals surface area contributed by atoms with Crippen LogP contribution in [0.3, 0.4) is 0 Å². The van der Waals surface area contributed by atoms with Crippen LogP contribution in [0.4, 0.5) is 5.00 Å². The van der Waals surface area contributed by atoms with E-state index in [9.17, 15) is 14.4 Å². The minimum Gasteiger partial charge on any atom is -0.462 e. The normalized spacial score (nSPS) is 10.5. The third-order valence-corrected chi connectivity index (χ3v) is 5.36. The maximum atomic E-state index is 12.2. The third kappa shape index (κ3) is 4.37. The summed E-state index contributed by atoms with van der Waals surface area (Å²) < 4.78 is 6.68. The maximum absolute atomic E-state index is 12.2. The van der Waals surface area contributed by atoms with Crippen molar-refractivity contribution in [2.75, 3.05) is 17.7 Å². The largest absolute Gasteiger partial charge is 0.462 e. The van der Waals surface area contributed by atoms with Crippen molar-refractivity contribution in [3.63, 3.8) is 0 Å². The van der Waals surface area contributed by atoms with Gasteiger partial charge in [0.05, 0.1) is 22.8 Å². The third-order valence-electron chi connectivity index (χ3n) is 3.11. The van der Waals surface area contributed by atoms with Crippen LogP contribution in [0.25, 0.3) is 0 Å². The topological polar surface area (TPSA) is 129 Å². The van der Waals surface area contributed by atoms with Gasteiger partial charge in [0.25, 0.3) is 5.91 Å². The molecule has 2 aromatic rings. The van der Waals surface area contributed by atoms with Crippen LogP contribution in [0.2, 0.25) is 0 Å². The number of thiophene rings is 1. The molecule has 0 spiro atoms. The number of hydrogen-bond acceptors (Lipinski definition) is 8. The lowest BCUT2D eigenvalue weighted by atomic mass is 10.1. The van der Waals surface area contributed by atoms with E-state index in [2.05, 4.69) is 15.5 Å². The number of esters is 1. The molecule has 11 heteroatoms. The van der Waals surface area contributed by atoms with E-state index >= 15 is 0 Å². The Morgan fingerprint density at radius 3 is 2.72 bits per heavy atom. The number of anilines is 1. The summed E-state index contributed by atoms with van der Waals surface area (Å²) in [5.74, 6) is -1.56. The molecule has 2 heterocycles. The number of ether oxygens (including phenoxy) is 1. The van der Waals surface area contributed by atoms with Crippen molar-refractivity contribution < 1.29 is 19.1 Å². The van der Waals surface area contributed by atoms with Gasteiger partial charge >= 0.3 is 5.97 Å². The summed E-state index contributed by atoms with van der Waals surface area (Å²) in [4.78, 5) is 36.1. The molecule has 0 saturated carbocycles. The van der Waals surface area contributed by atoms with Crippen molar-refractivity contribution in [1.82, 2.24) is 14.8 Å². The Kier molecular flexibility index (Phi) is 6.15. The molecule has 2 amide bonds. The lowest BCUT2D eigenvalue weighted by Gasteiger charge is -2.07. The number of nitrogens with two attached hydrogens (primary N) is 1. The summed E-state index contributed by atoms with van der Waals surface area (Å²) >= 11 is 2.15. The number of primary amides is 1. The van der Waals surface area contributed by atoms with Gasteiger partial charge in [0, 0.05) is 7.05 Å². The van der Waals surface area contributed by atoms with Crippen LogP contribution in [0.5, 0.6) is 0 Å². The lowest BCUT2D eigenvalue weighted by molar-refractivity contribution is -0.113. The van der Waals surface area contributed by atoms with Gasteiger partial charge in [-0.2, -0.15) is 0 Å². The van der Waals surface area contributed by atoms with Crippen LogP contribution in [0, 0.1) is 6.92 Å². The van der Waals surface area contributed by atoms with E-state index in [0.717, 1.165) is 11.3 Å². The number of rotatable bonds is 7. The van der Waals surface area contributed by atoms with Gasteiger partial charge in [-0.3, -0.25) is 9.59 Å². The van der Waals surface area contributed by atoms with Crippen LogP contribution in [-0.2, 0) is 16.6 Å². The fraction of sp³-hybridized carbons (Fsp3) is 0.357. The van der Waals surface area contributed by atoms with Gasteiger partial charge in [0.2, 0.25) is 5.91 Å². The van der Waals surface area contributed by atoms with Crippen molar-refractivity contribution in [3.05, 3.63) is 22.3 Å². The number of carbonyl (C=O) groups excluding carboxylic acids is 3. The smallest absolute Gasteiger partial charge is 0.341 e. The first kappa shape index (κ1) is 18.9. The Hall–Kier alpha value is -2.40. The number of nitrogens with one attached hydrogen (secondary N) is 1. The molecule has 25 heavy (non-hydrogen) atoms. The van der Waals surface area contributed by atoms with Crippen molar-refractivity contribution >= 4 is 45.9 Å². The number of aromatic nitrogens is 3. The Morgan fingerprint density at radius 1 is 1.44 bits per heavy atom. The summed E-state index contributed by atoms with van der Waals surface area (Å²) in [6.07, 6.45) is 1.53. The predicted molar refractivity (Wildman–Crippen MR) is 93.9 cm³/mol. The highest BCUT2D eigenvalue weighted by atomic mass is 32.2. The minimum absolute atomic E-state index is 0.0671. The molecular formula is C14H17N5O4S2. The number of thioether (sulfide) groups is 1. The second kappa shape index (κ2) is 8.12. The first-order valence-electron chi connectivity index (χ1n) is 7.22. The molecule has 2 aromatic heterocycles. The number of carbonyl (C=O) groups is 3. The molecule has 134 valence electrons. The Balaban J connectivity index is 2.18. The monoisotopic (exact) mass is 383 g/mol. The molecule has 0 aliphatic rings. The van der Waals surface area contributed by atoms with Crippen molar-refractivity contribution in [2.45, 2.75) is 19.0 Å². The van der Waals surface area contributed by atoms with Crippen LogP contribution in [-0.4, -0.2) is 44.9 Å². The highest BCUT2D eigenvalue weighted by molar-refractivity contribution is 7.99. The molecule has 2 rings (SSSR count). The summed E-state index contributed by atoms with van der Waals surface area (Å²) in [5, 5.41) is 11.1. The average Bonchev–Trinajstić information content (AvgIpc) is 3.09. The Labute approximate surface area is 151 Å². The highest BCUT2D eigenvalue weighted by Gasteiger charge is 2.25. The molecule has 0 bridgehead atoms. The molecule has 0 unspecified atom stereocenters. The van der Waals surface area contributed by atoms with E-state index in [1.54, 1.807) is 25.5 Å². The quantitative estimate of drug-likeness (QED) is 0.542.